The number of ether oxygens (including phenoxy) is 3. The minimum absolute atomic E-state index is 0.158. The van der Waals surface area contributed by atoms with Crippen LogP contribution in [0.25, 0.3) is 6.08 Å². The molecular formula is C21H20F2N2O4S. The first-order valence-electron chi connectivity index (χ1n) is 8.78. The first kappa shape index (κ1) is 23.0. The predicted molar refractivity (Wildman–Crippen MR) is 111 cm³/mol. The van der Waals surface area contributed by atoms with Gasteiger partial charge in [-0.3, -0.25) is 4.79 Å². The van der Waals surface area contributed by atoms with Crippen molar-refractivity contribution in [2.75, 3.05) is 26.1 Å². The van der Waals surface area contributed by atoms with E-state index in [1.165, 1.54) is 44.6 Å². The number of nitrogens with zero attached hydrogens (tertiary/aromatic N) is 1. The third-order valence-electron chi connectivity index (χ3n) is 3.79. The maximum atomic E-state index is 12.5. The fraction of sp³-hybridized carbons (Fsp3) is 0.238. The lowest BCUT2D eigenvalue weighted by Crippen LogP contribution is -2.13. The van der Waals surface area contributed by atoms with Crippen molar-refractivity contribution >= 4 is 29.4 Å². The van der Waals surface area contributed by atoms with Crippen LogP contribution in [0.15, 0.2) is 46.9 Å². The van der Waals surface area contributed by atoms with Gasteiger partial charge in [0.15, 0.2) is 11.5 Å². The van der Waals surface area contributed by atoms with Crippen molar-refractivity contribution in [1.29, 1.82) is 5.26 Å². The van der Waals surface area contributed by atoms with E-state index in [-0.39, 0.29) is 5.57 Å². The van der Waals surface area contributed by atoms with E-state index in [1.54, 1.807) is 12.1 Å². The first-order valence-corrected chi connectivity index (χ1v) is 9.66. The number of methoxy groups -OCH3 is 2. The van der Waals surface area contributed by atoms with Crippen LogP contribution in [0.3, 0.4) is 0 Å². The summed E-state index contributed by atoms with van der Waals surface area (Å²) >= 11 is 0.406. The number of carbonyl (C=O) groups is 1. The molecule has 9 heteroatoms. The van der Waals surface area contributed by atoms with Gasteiger partial charge in [0, 0.05) is 10.6 Å². The fourth-order valence-corrected chi connectivity index (χ4v) is 3.00. The molecule has 0 saturated heterocycles. The predicted octanol–water partition coefficient (Wildman–Crippen LogP) is 4.96. The highest BCUT2D eigenvalue weighted by atomic mass is 32.2. The number of anilines is 1. The Morgan fingerprint density at radius 3 is 2.27 bits per heavy atom. The number of benzene rings is 2. The van der Waals surface area contributed by atoms with Gasteiger partial charge < -0.3 is 19.5 Å². The quantitative estimate of drug-likeness (QED) is 0.341. The summed E-state index contributed by atoms with van der Waals surface area (Å²) in [6.45, 7) is 2.23. The number of hydrogen-bond donors (Lipinski definition) is 1. The molecule has 158 valence electrons. The number of nitriles is 1. The zero-order valence-electron chi connectivity index (χ0n) is 16.6. The van der Waals surface area contributed by atoms with E-state index in [1.807, 2.05) is 13.0 Å². The number of nitrogens with one attached hydrogen (secondary N) is 1. The van der Waals surface area contributed by atoms with E-state index in [2.05, 4.69) is 5.32 Å². The number of thioether (sulfide) groups is 1. The molecule has 0 atom stereocenters. The number of rotatable bonds is 9. The molecule has 2 rings (SSSR count). The van der Waals surface area contributed by atoms with Gasteiger partial charge in [-0.2, -0.15) is 14.0 Å². The number of halogens is 2. The molecule has 1 amide bonds. The van der Waals surface area contributed by atoms with E-state index >= 15 is 0 Å². The Bertz CT molecular complexity index is 931. The monoisotopic (exact) mass is 434 g/mol. The maximum absolute atomic E-state index is 12.5. The molecule has 0 spiro atoms. The Kier molecular flexibility index (Phi) is 8.50. The van der Waals surface area contributed by atoms with Crippen molar-refractivity contribution in [2.24, 2.45) is 0 Å². The molecule has 1 N–H and O–H groups in total. The fourth-order valence-electron chi connectivity index (χ4n) is 2.50. The minimum atomic E-state index is -2.53. The standard InChI is InChI=1S/C21H20F2N2O4S/c1-4-29-19-17(27-2)10-13(11-18(19)28-3)9-14(12-24)20(26)25-15-5-7-16(8-6-15)30-21(22)23/h5-11,21H,4H2,1-3H3,(H,25,26)/b14-9-. The average molecular weight is 434 g/mol. The normalized spacial score (nSPS) is 11.0. The molecule has 30 heavy (non-hydrogen) atoms. The van der Waals surface area contributed by atoms with E-state index in [9.17, 15) is 18.8 Å². The molecule has 0 heterocycles. The van der Waals surface area contributed by atoms with Crippen LogP contribution in [0.5, 0.6) is 17.2 Å². The highest BCUT2D eigenvalue weighted by Gasteiger charge is 2.15. The van der Waals surface area contributed by atoms with Gasteiger partial charge in [0.2, 0.25) is 5.75 Å². The highest BCUT2D eigenvalue weighted by Crippen LogP contribution is 2.39. The van der Waals surface area contributed by atoms with Gasteiger partial charge in [-0.25, -0.2) is 0 Å². The Labute approximate surface area is 177 Å². The summed E-state index contributed by atoms with van der Waals surface area (Å²) in [5, 5.41) is 12.0. The highest BCUT2D eigenvalue weighted by molar-refractivity contribution is 7.99. The summed E-state index contributed by atoms with van der Waals surface area (Å²) in [7, 11) is 2.94. The maximum Gasteiger partial charge on any atom is 0.288 e. The van der Waals surface area contributed by atoms with E-state index in [0.29, 0.717) is 51.8 Å². The molecule has 0 saturated carbocycles. The summed E-state index contributed by atoms with van der Waals surface area (Å²) < 4.78 is 40.9. The smallest absolute Gasteiger partial charge is 0.288 e. The molecule has 0 aliphatic carbocycles. The van der Waals surface area contributed by atoms with Gasteiger partial charge >= 0.3 is 0 Å². The zero-order valence-corrected chi connectivity index (χ0v) is 17.4. The van der Waals surface area contributed by atoms with Crippen LogP contribution in [0.1, 0.15) is 12.5 Å². The van der Waals surface area contributed by atoms with E-state index in [4.69, 9.17) is 14.2 Å². The van der Waals surface area contributed by atoms with E-state index < -0.39 is 11.7 Å². The van der Waals surface area contributed by atoms with Gasteiger partial charge in [-0.05, 0) is 55.0 Å². The van der Waals surface area contributed by atoms with Crippen molar-refractivity contribution in [3.63, 3.8) is 0 Å². The molecule has 2 aromatic rings. The topological polar surface area (TPSA) is 80.6 Å². The summed E-state index contributed by atoms with van der Waals surface area (Å²) in [6, 6.07) is 11.0. The summed E-state index contributed by atoms with van der Waals surface area (Å²) in [5.74, 6) is -1.95. The van der Waals surface area contributed by atoms with Crippen LogP contribution >= 0.6 is 11.8 Å². The van der Waals surface area contributed by atoms with Crippen molar-refractivity contribution in [3.8, 4) is 23.3 Å². The molecule has 0 aliphatic rings. The first-order chi connectivity index (χ1) is 14.4. The van der Waals surface area contributed by atoms with Gasteiger partial charge in [0.05, 0.1) is 20.8 Å². The second kappa shape index (κ2) is 11.1. The molecule has 0 fully saturated rings. The Hall–Kier alpha value is -3.25. The summed E-state index contributed by atoms with van der Waals surface area (Å²) in [5.41, 5.74) is 0.721. The van der Waals surface area contributed by atoms with Crippen LogP contribution in [-0.4, -0.2) is 32.5 Å². The van der Waals surface area contributed by atoms with Crippen LogP contribution in [-0.2, 0) is 4.79 Å². The number of hydrogen-bond acceptors (Lipinski definition) is 6. The third kappa shape index (κ3) is 6.12. The molecule has 2 aromatic carbocycles. The molecule has 6 nitrogen and oxygen atoms in total. The Morgan fingerprint density at radius 2 is 1.80 bits per heavy atom. The third-order valence-corrected chi connectivity index (χ3v) is 4.51. The summed E-state index contributed by atoms with van der Waals surface area (Å²) in [6.07, 6.45) is 1.39. The van der Waals surface area contributed by atoms with Gasteiger partial charge in [-0.15, -0.1) is 0 Å². The summed E-state index contributed by atoms with van der Waals surface area (Å²) in [4.78, 5) is 12.8. The average Bonchev–Trinajstić information content (AvgIpc) is 2.73. The van der Waals surface area contributed by atoms with Crippen LogP contribution in [0.4, 0.5) is 14.5 Å². The van der Waals surface area contributed by atoms with Gasteiger partial charge in [0.1, 0.15) is 11.6 Å². The number of amides is 1. The lowest BCUT2D eigenvalue weighted by Gasteiger charge is -2.14. The molecule has 0 bridgehead atoms. The number of alkyl halides is 2. The van der Waals surface area contributed by atoms with E-state index in [0.717, 1.165) is 0 Å². The van der Waals surface area contributed by atoms with Gasteiger partial charge in [-0.1, -0.05) is 11.8 Å². The van der Waals surface area contributed by atoms with Crippen molar-refractivity contribution in [1.82, 2.24) is 0 Å². The van der Waals surface area contributed by atoms with Gasteiger partial charge in [0.25, 0.3) is 11.7 Å². The van der Waals surface area contributed by atoms with Crippen molar-refractivity contribution in [2.45, 2.75) is 17.6 Å². The minimum Gasteiger partial charge on any atom is -0.493 e. The SMILES string of the molecule is CCOc1c(OC)cc(/C=C(/C#N)C(=O)Nc2ccc(SC(F)F)cc2)cc1OC. The largest absolute Gasteiger partial charge is 0.493 e. The second-order valence-electron chi connectivity index (χ2n) is 5.71. The molecular weight excluding hydrogens is 414 g/mol. The lowest BCUT2D eigenvalue weighted by atomic mass is 10.1. The van der Waals surface area contributed by atoms with Crippen molar-refractivity contribution in [3.05, 3.63) is 47.5 Å². The molecule has 0 aliphatic heterocycles. The Balaban J connectivity index is 2.26. The molecule has 0 radical (unpaired) electrons. The Morgan fingerprint density at radius 1 is 1.20 bits per heavy atom. The van der Waals surface area contributed by atoms with Crippen LogP contribution in [0, 0.1) is 11.3 Å². The van der Waals surface area contributed by atoms with Crippen molar-refractivity contribution < 1.29 is 27.8 Å². The number of carbonyl (C=O) groups excluding carboxylic acids is 1. The second-order valence-corrected chi connectivity index (χ2v) is 6.78. The molecule has 0 aromatic heterocycles. The van der Waals surface area contributed by atoms with Crippen LogP contribution < -0.4 is 19.5 Å². The lowest BCUT2D eigenvalue weighted by molar-refractivity contribution is -0.112. The molecule has 0 unspecified atom stereocenters. The van der Waals surface area contributed by atoms with Crippen LogP contribution in [0.2, 0.25) is 0 Å². The zero-order chi connectivity index (χ0) is 22.1.